The molecule has 3 aliphatic heterocycles. The Hall–Kier alpha value is -1.78. The molecule has 152 valence electrons. The lowest BCUT2D eigenvalue weighted by atomic mass is 9.68. The average molecular weight is 410 g/mol. The summed E-state index contributed by atoms with van der Waals surface area (Å²) in [6, 6.07) is 8.75. The first-order chi connectivity index (χ1) is 14.2. The number of amides is 1. The molecule has 4 aliphatic rings. The minimum absolute atomic E-state index is 0.132. The first kappa shape index (κ1) is 18.0. The molecule has 1 amide bonds. The van der Waals surface area contributed by atoms with Gasteiger partial charge in [0.2, 0.25) is 0 Å². The average Bonchev–Trinajstić information content (AvgIpc) is 3.19. The first-order valence-corrected chi connectivity index (χ1v) is 11.6. The first-order valence-electron chi connectivity index (χ1n) is 11.2. The van der Waals surface area contributed by atoms with E-state index in [-0.39, 0.29) is 11.9 Å². The number of aromatic amines is 1. The van der Waals surface area contributed by atoms with Gasteiger partial charge in [0.15, 0.2) is 0 Å². The number of likely N-dealkylation sites (tertiary alicyclic amines) is 1. The lowest BCUT2D eigenvalue weighted by Crippen LogP contribution is -2.60. The summed E-state index contributed by atoms with van der Waals surface area (Å²) in [6.45, 7) is 3.25. The molecule has 0 unspecified atom stereocenters. The third-order valence-electron chi connectivity index (χ3n) is 7.76. The van der Waals surface area contributed by atoms with Gasteiger partial charge in [-0.1, -0.05) is 35.7 Å². The van der Waals surface area contributed by atoms with Gasteiger partial charge in [-0.25, -0.2) is 0 Å². The Labute approximate surface area is 176 Å². The molecule has 0 spiro atoms. The van der Waals surface area contributed by atoms with Gasteiger partial charge < -0.3 is 9.88 Å². The molecule has 29 heavy (non-hydrogen) atoms. The van der Waals surface area contributed by atoms with Crippen LogP contribution >= 0.6 is 11.6 Å². The van der Waals surface area contributed by atoms with Crippen LogP contribution in [0, 0.1) is 11.8 Å². The fourth-order valence-corrected chi connectivity index (χ4v) is 6.82. The summed E-state index contributed by atoms with van der Waals surface area (Å²) < 4.78 is 0. The van der Waals surface area contributed by atoms with Crippen LogP contribution in [-0.2, 0) is 0 Å². The van der Waals surface area contributed by atoms with Gasteiger partial charge in [-0.15, -0.1) is 0 Å². The predicted molar refractivity (Wildman–Crippen MR) is 116 cm³/mol. The molecule has 1 aliphatic carbocycles. The number of piperidine rings is 3. The standard InChI is InChI=1S/C24H28ClN3O/c25-19-6-3-7-20-18(19)13-21(26-20)24(29)28-10-4-5-15-11-16-12-17(23(15)28)14-27-9-2-1-8-22(16)27/h3,6-7,11,13,16-17,22-23,26H,1-2,4-5,8-10,12,14H2/t16-,17-,22-,23+/m0/s1. The SMILES string of the molecule is O=C(c1cc2c(Cl)cccc2[nH]1)N1CCCC2=C[C@H]3C[C@@H](CN4CCCC[C@@H]34)[C@@H]21. The Morgan fingerprint density at radius 3 is 3.00 bits per heavy atom. The highest BCUT2D eigenvalue weighted by atomic mass is 35.5. The molecule has 3 fully saturated rings. The van der Waals surface area contributed by atoms with Crippen LogP contribution in [0.4, 0.5) is 0 Å². The van der Waals surface area contributed by atoms with Crippen molar-refractivity contribution in [1.29, 1.82) is 0 Å². The van der Waals surface area contributed by atoms with Gasteiger partial charge in [-0.2, -0.15) is 0 Å². The monoisotopic (exact) mass is 409 g/mol. The lowest BCUT2D eigenvalue weighted by molar-refractivity contribution is 0.00134. The third kappa shape index (κ3) is 2.87. The maximum atomic E-state index is 13.6. The summed E-state index contributed by atoms with van der Waals surface area (Å²) in [5.41, 5.74) is 3.14. The zero-order valence-electron chi connectivity index (χ0n) is 16.7. The van der Waals surface area contributed by atoms with Crippen molar-refractivity contribution in [3.8, 4) is 0 Å². The number of halogens is 1. The van der Waals surface area contributed by atoms with E-state index in [0.717, 1.165) is 42.9 Å². The topological polar surface area (TPSA) is 39.3 Å². The van der Waals surface area contributed by atoms with Crippen molar-refractivity contribution >= 4 is 28.4 Å². The molecule has 4 atom stereocenters. The van der Waals surface area contributed by atoms with Crippen LogP contribution in [-0.4, -0.2) is 52.4 Å². The predicted octanol–water partition coefficient (Wildman–Crippen LogP) is 4.86. The lowest BCUT2D eigenvalue weighted by Gasteiger charge is -2.54. The van der Waals surface area contributed by atoms with E-state index in [0.29, 0.717) is 22.6 Å². The number of H-pyrrole nitrogens is 1. The van der Waals surface area contributed by atoms with Crippen molar-refractivity contribution < 1.29 is 4.79 Å². The second kappa shape index (κ2) is 6.88. The van der Waals surface area contributed by atoms with E-state index in [2.05, 4.69) is 20.9 Å². The quantitative estimate of drug-likeness (QED) is 0.683. The number of rotatable bonds is 1. The molecular weight excluding hydrogens is 382 g/mol. The molecule has 0 saturated carbocycles. The van der Waals surface area contributed by atoms with Gasteiger partial charge in [0.1, 0.15) is 5.69 Å². The molecule has 5 heteroatoms. The Balaban J connectivity index is 1.34. The molecule has 1 aromatic heterocycles. The highest BCUT2D eigenvalue weighted by Crippen LogP contribution is 2.45. The Bertz CT molecular complexity index is 995. The van der Waals surface area contributed by atoms with Crippen LogP contribution in [0.5, 0.6) is 0 Å². The largest absolute Gasteiger partial charge is 0.350 e. The number of carbonyl (C=O) groups is 1. The smallest absolute Gasteiger partial charge is 0.270 e. The summed E-state index contributed by atoms with van der Waals surface area (Å²) in [6.07, 6.45) is 10.1. The van der Waals surface area contributed by atoms with Crippen LogP contribution in [0.25, 0.3) is 10.9 Å². The molecule has 0 radical (unpaired) electrons. The number of hydrogen-bond acceptors (Lipinski definition) is 2. The maximum Gasteiger partial charge on any atom is 0.270 e. The molecule has 2 aromatic rings. The Morgan fingerprint density at radius 2 is 2.10 bits per heavy atom. The van der Waals surface area contributed by atoms with Gasteiger partial charge >= 0.3 is 0 Å². The van der Waals surface area contributed by atoms with Crippen molar-refractivity contribution in [2.24, 2.45) is 11.8 Å². The van der Waals surface area contributed by atoms with Crippen molar-refractivity contribution in [3.63, 3.8) is 0 Å². The van der Waals surface area contributed by atoms with E-state index in [4.69, 9.17) is 11.6 Å². The molecule has 6 rings (SSSR count). The van der Waals surface area contributed by atoms with E-state index < -0.39 is 0 Å². The summed E-state index contributed by atoms with van der Waals surface area (Å²) in [5, 5.41) is 1.63. The van der Waals surface area contributed by atoms with E-state index >= 15 is 0 Å². The number of carbonyl (C=O) groups excluding carboxylic acids is 1. The highest BCUT2D eigenvalue weighted by molar-refractivity contribution is 6.35. The Morgan fingerprint density at radius 1 is 1.17 bits per heavy atom. The van der Waals surface area contributed by atoms with E-state index in [1.165, 1.54) is 37.8 Å². The molecule has 4 nitrogen and oxygen atoms in total. The molecule has 1 aromatic carbocycles. The fourth-order valence-electron chi connectivity index (χ4n) is 6.59. The molecule has 3 saturated heterocycles. The number of nitrogens with one attached hydrogen (secondary N) is 1. The molecule has 1 N–H and O–H groups in total. The summed E-state index contributed by atoms with van der Waals surface area (Å²) >= 11 is 6.35. The van der Waals surface area contributed by atoms with E-state index in [1.54, 1.807) is 0 Å². The van der Waals surface area contributed by atoms with Crippen LogP contribution < -0.4 is 0 Å². The summed E-state index contributed by atoms with van der Waals surface area (Å²) in [5.74, 6) is 1.40. The van der Waals surface area contributed by atoms with Gasteiger partial charge in [0, 0.05) is 35.1 Å². The van der Waals surface area contributed by atoms with E-state index in [1.807, 2.05) is 24.3 Å². The van der Waals surface area contributed by atoms with Crippen molar-refractivity contribution in [1.82, 2.24) is 14.8 Å². The number of nitrogens with zero attached hydrogens (tertiary/aromatic N) is 2. The number of hydrogen-bond donors (Lipinski definition) is 1. The van der Waals surface area contributed by atoms with Crippen molar-refractivity contribution in [2.75, 3.05) is 19.6 Å². The molecule has 4 heterocycles. The zero-order valence-corrected chi connectivity index (χ0v) is 17.5. The normalized spacial score (nSPS) is 31.9. The van der Waals surface area contributed by atoms with Crippen LogP contribution in [0.15, 0.2) is 35.9 Å². The second-order valence-electron chi connectivity index (χ2n) is 9.39. The third-order valence-corrected chi connectivity index (χ3v) is 8.09. The van der Waals surface area contributed by atoms with Gasteiger partial charge in [0.25, 0.3) is 5.91 Å². The summed E-state index contributed by atoms with van der Waals surface area (Å²) in [7, 11) is 0. The zero-order chi connectivity index (χ0) is 19.5. The number of benzene rings is 1. The minimum Gasteiger partial charge on any atom is -0.350 e. The second-order valence-corrected chi connectivity index (χ2v) is 9.80. The van der Waals surface area contributed by atoms with Gasteiger partial charge in [0.05, 0.1) is 6.04 Å². The number of fused-ring (bicyclic) bond motifs is 7. The minimum atomic E-state index is 0.132. The van der Waals surface area contributed by atoms with Crippen LogP contribution in [0.2, 0.25) is 5.02 Å². The maximum absolute atomic E-state index is 13.6. The fraction of sp³-hybridized carbons (Fsp3) is 0.542. The van der Waals surface area contributed by atoms with E-state index in [9.17, 15) is 4.79 Å². The van der Waals surface area contributed by atoms with Gasteiger partial charge in [-0.05, 0) is 68.7 Å². The highest BCUT2D eigenvalue weighted by Gasteiger charge is 2.47. The number of aromatic nitrogens is 1. The summed E-state index contributed by atoms with van der Waals surface area (Å²) in [4.78, 5) is 21.8. The van der Waals surface area contributed by atoms with Crippen molar-refractivity contribution in [3.05, 3.63) is 46.6 Å². The molecular formula is C24H28ClN3O. The van der Waals surface area contributed by atoms with Crippen molar-refractivity contribution in [2.45, 2.75) is 50.6 Å². The Kier molecular flexibility index (Phi) is 4.28. The van der Waals surface area contributed by atoms with Crippen LogP contribution in [0.1, 0.15) is 49.0 Å². The molecule has 2 bridgehead atoms. The van der Waals surface area contributed by atoms with Gasteiger partial charge in [-0.3, -0.25) is 9.69 Å². The van der Waals surface area contributed by atoms with Crippen LogP contribution in [0.3, 0.4) is 0 Å².